The van der Waals surface area contributed by atoms with Gasteiger partial charge in [0.25, 0.3) is 5.91 Å². The summed E-state index contributed by atoms with van der Waals surface area (Å²) in [6.45, 7) is 0.384. The number of hydrogen-bond donors (Lipinski definition) is 1. The van der Waals surface area contributed by atoms with Crippen molar-refractivity contribution >= 4 is 5.91 Å². The molecular weight excluding hydrogens is 94.0 g/mol. The second kappa shape index (κ2) is 1.26. The van der Waals surface area contributed by atoms with Crippen LogP contribution in [0.2, 0.25) is 0 Å². The minimum Gasteiger partial charge on any atom is -0.496 e. The highest BCUT2D eigenvalue weighted by Gasteiger charge is 2.11. The van der Waals surface area contributed by atoms with Gasteiger partial charge in [0.2, 0.25) is 0 Å². The van der Waals surface area contributed by atoms with Gasteiger partial charge in [0.05, 0.1) is 11.8 Å². The lowest BCUT2D eigenvalue weighted by molar-refractivity contribution is -0.115. The molecule has 2 N–H and O–H groups in total. The molecule has 0 spiro atoms. The van der Waals surface area contributed by atoms with E-state index in [9.17, 15) is 4.79 Å². The smallest absolute Gasteiger partial charge is 0.251 e. The molecule has 3 nitrogen and oxygen atoms in total. The maximum absolute atomic E-state index is 10.1. The number of nitrogens with two attached hydrogens (primary N) is 1. The first-order valence-corrected chi connectivity index (χ1v) is 1.91. The van der Waals surface area contributed by atoms with Gasteiger partial charge in [0.15, 0.2) is 0 Å². The summed E-state index contributed by atoms with van der Waals surface area (Å²) in [6, 6.07) is 0. The van der Waals surface area contributed by atoms with Crippen molar-refractivity contribution in [2.45, 2.75) is 0 Å². The number of carbonyl (C=O) groups is 1. The Morgan fingerprint density at radius 3 is 2.57 bits per heavy atom. The van der Waals surface area contributed by atoms with Crippen molar-refractivity contribution < 1.29 is 9.53 Å². The lowest BCUT2D eigenvalue weighted by atomic mass is 10.2. The van der Waals surface area contributed by atoms with E-state index >= 15 is 0 Å². The Balaban J connectivity index is 2.57. The van der Waals surface area contributed by atoms with E-state index in [0.717, 1.165) is 0 Å². The molecule has 0 saturated carbocycles. The van der Waals surface area contributed by atoms with E-state index in [1.165, 1.54) is 6.26 Å². The lowest BCUT2D eigenvalue weighted by Crippen LogP contribution is -2.22. The summed E-state index contributed by atoms with van der Waals surface area (Å²) >= 11 is 0. The van der Waals surface area contributed by atoms with Gasteiger partial charge in [0, 0.05) is 0 Å². The predicted octanol–water partition coefficient (Wildman–Crippen LogP) is -0.614. The Labute approximate surface area is 40.8 Å². The lowest BCUT2D eigenvalue weighted by Gasteiger charge is -2.10. The van der Waals surface area contributed by atoms with Crippen molar-refractivity contribution in [3.05, 3.63) is 11.8 Å². The van der Waals surface area contributed by atoms with Crippen LogP contribution in [-0.4, -0.2) is 12.5 Å². The average Bonchev–Trinajstić information content (AvgIpc) is 1.23. The number of primary amides is 1. The van der Waals surface area contributed by atoms with E-state index < -0.39 is 0 Å². The molecule has 1 amide bonds. The van der Waals surface area contributed by atoms with E-state index in [-0.39, 0.29) is 5.91 Å². The molecule has 0 fully saturated rings. The zero-order valence-electron chi connectivity index (χ0n) is 3.68. The molecule has 0 aromatic heterocycles. The van der Waals surface area contributed by atoms with Crippen molar-refractivity contribution in [1.82, 2.24) is 0 Å². The normalized spacial score (nSPS) is 16.3. The summed E-state index contributed by atoms with van der Waals surface area (Å²) in [5.74, 6) is -0.383. The number of rotatable bonds is 1. The third-order valence-corrected chi connectivity index (χ3v) is 0.781. The molecular formula is C4H5NO2. The Kier molecular flexibility index (Phi) is 0.749. The maximum Gasteiger partial charge on any atom is 0.251 e. The van der Waals surface area contributed by atoms with Gasteiger partial charge in [0.1, 0.15) is 6.61 Å². The second-order valence-electron chi connectivity index (χ2n) is 1.32. The number of ether oxygens (including phenoxy) is 1. The highest BCUT2D eigenvalue weighted by atomic mass is 16.5. The van der Waals surface area contributed by atoms with E-state index in [4.69, 9.17) is 5.73 Å². The topological polar surface area (TPSA) is 52.3 Å². The quantitative estimate of drug-likeness (QED) is 0.476. The Hall–Kier alpha value is -0.990. The van der Waals surface area contributed by atoms with E-state index in [1.807, 2.05) is 0 Å². The average molecular weight is 99.1 g/mol. The molecule has 0 aliphatic carbocycles. The number of carbonyl (C=O) groups excluding carboxylic acids is 1. The third-order valence-electron chi connectivity index (χ3n) is 0.781. The standard InChI is InChI=1S/C4H5NO2/c5-4(6)3-1-7-2-3/h1H,2H2,(H2,5,6). The fourth-order valence-corrected chi connectivity index (χ4v) is 0.296. The van der Waals surface area contributed by atoms with Crippen molar-refractivity contribution in [2.75, 3.05) is 6.61 Å². The molecule has 3 heteroatoms. The van der Waals surface area contributed by atoms with Crippen LogP contribution < -0.4 is 5.73 Å². The molecule has 1 rings (SSSR count). The molecule has 0 bridgehead atoms. The molecule has 1 aliphatic rings. The third kappa shape index (κ3) is 0.559. The van der Waals surface area contributed by atoms with Crippen LogP contribution >= 0.6 is 0 Å². The fourth-order valence-electron chi connectivity index (χ4n) is 0.296. The SMILES string of the molecule is NC(=O)C1=COC1. The molecule has 0 atom stereocenters. The molecule has 0 radical (unpaired) electrons. The Morgan fingerprint density at radius 2 is 2.57 bits per heavy atom. The fraction of sp³-hybridized carbons (Fsp3) is 0.250. The minimum atomic E-state index is -0.383. The van der Waals surface area contributed by atoms with Gasteiger partial charge < -0.3 is 10.5 Å². The number of amides is 1. The van der Waals surface area contributed by atoms with E-state index in [1.54, 1.807) is 0 Å². The molecule has 1 aliphatic heterocycles. The summed E-state index contributed by atoms with van der Waals surface area (Å²) in [5, 5.41) is 0. The minimum absolute atomic E-state index is 0.383. The zero-order valence-corrected chi connectivity index (χ0v) is 3.68. The van der Waals surface area contributed by atoms with Crippen LogP contribution in [0, 0.1) is 0 Å². The van der Waals surface area contributed by atoms with Gasteiger partial charge in [-0.2, -0.15) is 0 Å². The summed E-state index contributed by atoms with van der Waals surface area (Å²) < 4.78 is 4.53. The largest absolute Gasteiger partial charge is 0.496 e. The highest BCUT2D eigenvalue weighted by Crippen LogP contribution is 2.04. The van der Waals surface area contributed by atoms with E-state index in [2.05, 4.69) is 4.74 Å². The maximum atomic E-state index is 10.1. The first-order chi connectivity index (χ1) is 3.30. The molecule has 0 aromatic carbocycles. The van der Waals surface area contributed by atoms with Crippen LogP contribution in [0.4, 0.5) is 0 Å². The molecule has 0 saturated heterocycles. The van der Waals surface area contributed by atoms with Gasteiger partial charge in [-0.05, 0) is 0 Å². The molecule has 7 heavy (non-hydrogen) atoms. The summed E-state index contributed by atoms with van der Waals surface area (Å²) in [5.41, 5.74) is 5.38. The first kappa shape index (κ1) is 4.18. The first-order valence-electron chi connectivity index (χ1n) is 1.91. The molecule has 38 valence electrons. The molecule has 1 heterocycles. The van der Waals surface area contributed by atoms with E-state index in [0.29, 0.717) is 12.2 Å². The van der Waals surface area contributed by atoms with Crippen molar-refractivity contribution in [1.29, 1.82) is 0 Å². The van der Waals surface area contributed by atoms with Gasteiger partial charge >= 0.3 is 0 Å². The predicted molar refractivity (Wildman–Crippen MR) is 23.2 cm³/mol. The zero-order chi connectivity index (χ0) is 5.28. The van der Waals surface area contributed by atoms with Gasteiger partial charge in [-0.1, -0.05) is 0 Å². The number of hydrogen-bond acceptors (Lipinski definition) is 2. The summed E-state index contributed by atoms with van der Waals surface area (Å²) in [6.07, 6.45) is 1.36. The van der Waals surface area contributed by atoms with Crippen LogP contribution in [0.15, 0.2) is 11.8 Å². The molecule has 0 aromatic rings. The highest BCUT2D eigenvalue weighted by molar-refractivity contribution is 5.92. The van der Waals surface area contributed by atoms with Crippen LogP contribution in [0.1, 0.15) is 0 Å². The van der Waals surface area contributed by atoms with Crippen LogP contribution in [-0.2, 0) is 9.53 Å². The Bertz CT molecular complexity index is 128. The molecule has 0 unspecified atom stereocenters. The summed E-state index contributed by atoms with van der Waals surface area (Å²) in [7, 11) is 0. The van der Waals surface area contributed by atoms with Crippen molar-refractivity contribution in [3.63, 3.8) is 0 Å². The monoisotopic (exact) mass is 99.0 g/mol. The van der Waals surface area contributed by atoms with Crippen LogP contribution in [0.3, 0.4) is 0 Å². The van der Waals surface area contributed by atoms with Crippen LogP contribution in [0.5, 0.6) is 0 Å². The Morgan fingerprint density at radius 1 is 2.00 bits per heavy atom. The summed E-state index contributed by atoms with van der Waals surface area (Å²) in [4.78, 5) is 10.1. The van der Waals surface area contributed by atoms with Gasteiger partial charge in [-0.25, -0.2) is 0 Å². The van der Waals surface area contributed by atoms with Gasteiger partial charge in [-0.15, -0.1) is 0 Å². The second-order valence-corrected chi connectivity index (χ2v) is 1.32. The van der Waals surface area contributed by atoms with Crippen LogP contribution in [0.25, 0.3) is 0 Å². The van der Waals surface area contributed by atoms with Crippen molar-refractivity contribution in [2.24, 2.45) is 5.73 Å². The van der Waals surface area contributed by atoms with Crippen molar-refractivity contribution in [3.8, 4) is 0 Å². The van der Waals surface area contributed by atoms with Gasteiger partial charge in [-0.3, -0.25) is 4.79 Å².